The van der Waals surface area contributed by atoms with Gasteiger partial charge in [-0.1, -0.05) is 28.4 Å². The number of carbonyl (C=O) groups is 1. The van der Waals surface area contributed by atoms with Crippen LogP contribution in [0.25, 0.3) is 5.69 Å². The Morgan fingerprint density at radius 3 is 2.96 bits per heavy atom. The van der Waals surface area contributed by atoms with Crippen LogP contribution in [0.5, 0.6) is 0 Å². The SMILES string of the molecule is O=C(Nc1ccnc(Cl)c1)c1nnn2c1CSc1cc(Cl)ccc1-2. The molecule has 0 bridgehead atoms. The summed E-state index contributed by atoms with van der Waals surface area (Å²) in [4.78, 5) is 17.4. The second-order valence-electron chi connectivity index (χ2n) is 5.02. The number of rotatable bonds is 2. The Hall–Kier alpha value is -2.09. The molecule has 0 radical (unpaired) electrons. The number of carbonyl (C=O) groups excluding carboxylic acids is 1. The van der Waals surface area contributed by atoms with Gasteiger partial charge in [0, 0.05) is 27.6 Å². The minimum atomic E-state index is -0.337. The third-order valence-electron chi connectivity index (χ3n) is 3.48. The van der Waals surface area contributed by atoms with Gasteiger partial charge in [0.2, 0.25) is 0 Å². The maximum Gasteiger partial charge on any atom is 0.278 e. The van der Waals surface area contributed by atoms with E-state index in [2.05, 4.69) is 20.6 Å². The summed E-state index contributed by atoms with van der Waals surface area (Å²) in [6, 6.07) is 8.76. The summed E-state index contributed by atoms with van der Waals surface area (Å²) in [5.41, 5.74) is 2.45. The molecular weight excluding hydrogens is 369 g/mol. The molecule has 3 heterocycles. The quantitative estimate of drug-likeness (QED) is 0.687. The van der Waals surface area contributed by atoms with Crippen LogP contribution in [0.1, 0.15) is 16.2 Å². The number of anilines is 1. The van der Waals surface area contributed by atoms with Crippen molar-refractivity contribution in [1.82, 2.24) is 20.0 Å². The Balaban J connectivity index is 1.67. The molecule has 4 rings (SSSR count). The lowest BCUT2D eigenvalue weighted by Crippen LogP contribution is -2.16. The Morgan fingerprint density at radius 1 is 1.25 bits per heavy atom. The molecule has 0 aliphatic carbocycles. The van der Waals surface area contributed by atoms with E-state index in [0.29, 0.717) is 21.6 Å². The van der Waals surface area contributed by atoms with Gasteiger partial charge in [-0.15, -0.1) is 16.9 Å². The Labute approximate surface area is 151 Å². The Kier molecular flexibility index (Phi) is 3.91. The average molecular weight is 378 g/mol. The van der Waals surface area contributed by atoms with Crippen LogP contribution in [-0.4, -0.2) is 25.9 Å². The molecule has 9 heteroatoms. The highest BCUT2D eigenvalue weighted by atomic mass is 35.5. The lowest BCUT2D eigenvalue weighted by atomic mass is 10.2. The van der Waals surface area contributed by atoms with E-state index in [9.17, 15) is 4.79 Å². The summed E-state index contributed by atoms with van der Waals surface area (Å²) >= 11 is 13.4. The number of nitrogens with one attached hydrogen (secondary N) is 1. The lowest BCUT2D eigenvalue weighted by Gasteiger charge is -2.17. The molecule has 0 unspecified atom stereocenters. The smallest absolute Gasteiger partial charge is 0.278 e. The molecule has 3 aromatic rings. The standard InChI is InChI=1S/C15H9Cl2N5OS/c16-8-1-2-10-12(5-8)24-7-11-14(20-21-22(10)11)15(23)19-9-3-4-18-13(17)6-9/h1-6H,7H2,(H,18,19,23). The maximum absolute atomic E-state index is 12.5. The van der Waals surface area contributed by atoms with Crippen molar-refractivity contribution in [3.05, 3.63) is 58.1 Å². The van der Waals surface area contributed by atoms with E-state index in [4.69, 9.17) is 23.2 Å². The van der Waals surface area contributed by atoms with Gasteiger partial charge in [0.1, 0.15) is 5.15 Å². The minimum Gasteiger partial charge on any atom is -0.320 e. The van der Waals surface area contributed by atoms with Gasteiger partial charge in [-0.2, -0.15) is 0 Å². The summed E-state index contributed by atoms with van der Waals surface area (Å²) in [5.74, 6) is 0.247. The number of hydrogen-bond donors (Lipinski definition) is 1. The lowest BCUT2D eigenvalue weighted by molar-refractivity contribution is 0.102. The van der Waals surface area contributed by atoms with Gasteiger partial charge in [-0.25, -0.2) is 9.67 Å². The zero-order valence-electron chi connectivity index (χ0n) is 12.0. The molecule has 0 saturated heterocycles. The van der Waals surface area contributed by atoms with Crippen LogP contribution in [-0.2, 0) is 5.75 Å². The van der Waals surface area contributed by atoms with Crippen LogP contribution in [0.15, 0.2) is 41.4 Å². The van der Waals surface area contributed by atoms with Gasteiger partial charge in [0.15, 0.2) is 5.69 Å². The summed E-state index contributed by atoms with van der Waals surface area (Å²) in [5, 5.41) is 11.9. The van der Waals surface area contributed by atoms with Gasteiger partial charge in [-0.3, -0.25) is 4.79 Å². The van der Waals surface area contributed by atoms with Gasteiger partial charge in [0.25, 0.3) is 5.91 Å². The van der Waals surface area contributed by atoms with Crippen LogP contribution >= 0.6 is 35.0 Å². The molecule has 1 N–H and O–H groups in total. The molecule has 2 aromatic heterocycles. The first-order valence-electron chi connectivity index (χ1n) is 6.92. The molecule has 0 saturated carbocycles. The maximum atomic E-state index is 12.5. The third-order valence-corrected chi connectivity index (χ3v) is 4.97. The van der Waals surface area contributed by atoms with E-state index in [1.54, 1.807) is 34.6 Å². The predicted octanol–water partition coefficient (Wildman–Crippen LogP) is 3.83. The minimum absolute atomic E-state index is 0.288. The Morgan fingerprint density at radius 2 is 2.12 bits per heavy atom. The fourth-order valence-electron chi connectivity index (χ4n) is 2.40. The van der Waals surface area contributed by atoms with Gasteiger partial charge >= 0.3 is 0 Å². The van der Waals surface area contributed by atoms with E-state index in [1.165, 1.54) is 6.20 Å². The first-order valence-corrected chi connectivity index (χ1v) is 8.66. The number of hydrogen-bond acceptors (Lipinski definition) is 5. The fourth-order valence-corrected chi connectivity index (χ4v) is 3.87. The number of aromatic nitrogens is 4. The Bertz CT molecular complexity index is 959. The summed E-state index contributed by atoms with van der Waals surface area (Å²) in [6.45, 7) is 0. The molecule has 24 heavy (non-hydrogen) atoms. The highest BCUT2D eigenvalue weighted by Gasteiger charge is 2.25. The number of thioether (sulfide) groups is 1. The molecule has 1 aromatic carbocycles. The first-order chi connectivity index (χ1) is 11.6. The zero-order valence-corrected chi connectivity index (χ0v) is 14.4. The van der Waals surface area contributed by atoms with E-state index in [-0.39, 0.29) is 11.6 Å². The molecule has 0 atom stereocenters. The van der Waals surface area contributed by atoms with Crippen LogP contribution in [0.2, 0.25) is 10.2 Å². The average Bonchev–Trinajstić information content (AvgIpc) is 2.99. The van der Waals surface area contributed by atoms with Crippen LogP contribution in [0, 0.1) is 0 Å². The first kappa shape index (κ1) is 15.4. The number of nitrogens with zero attached hydrogens (tertiary/aromatic N) is 4. The zero-order chi connectivity index (χ0) is 16.7. The van der Waals surface area contributed by atoms with Crippen molar-refractivity contribution < 1.29 is 4.79 Å². The van der Waals surface area contributed by atoms with Crippen molar-refractivity contribution in [3.8, 4) is 5.69 Å². The summed E-state index contributed by atoms with van der Waals surface area (Å²) in [7, 11) is 0. The topological polar surface area (TPSA) is 72.7 Å². The number of fused-ring (bicyclic) bond motifs is 3. The largest absolute Gasteiger partial charge is 0.320 e. The number of benzene rings is 1. The van der Waals surface area contributed by atoms with Crippen molar-refractivity contribution in [2.45, 2.75) is 10.6 Å². The van der Waals surface area contributed by atoms with Gasteiger partial charge in [-0.05, 0) is 30.3 Å². The van der Waals surface area contributed by atoms with Crippen LogP contribution < -0.4 is 5.32 Å². The van der Waals surface area contributed by atoms with E-state index in [1.807, 2.05) is 12.1 Å². The second-order valence-corrected chi connectivity index (χ2v) is 6.86. The normalized spacial score (nSPS) is 12.4. The van der Waals surface area contributed by atoms with Crippen molar-refractivity contribution in [1.29, 1.82) is 0 Å². The monoisotopic (exact) mass is 377 g/mol. The van der Waals surface area contributed by atoms with Crippen molar-refractivity contribution >= 4 is 46.6 Å². The molecule has 0 fully saturated rings. The molecule has 1 aliphatic heterocycles. The van der Waals surface area contributed by atoms with Gasteiger partial charge < -0.3 is 5.32 Å². The van der Waals surface area contributed by atoms with Crippen molar-refractivity contribution in [2.24, 2.45) is 0 Å². The summed E-state index contributed by atoms with van der Waals surface area (Å²) < 4.78 is 1.68. The number of amides is 1. The molecule has 1 amide bonds. The van der Waals surface area contributed by atoms with E-state index in [0.717, 1.165) is 16.3 Å². The molecule has 0 spiro atoms. The molecule has 120 valence electrons. The second kappa shape index (κ2) is 6.08. The van der Waals surface area contributed by atoms with Crippen molar-refractivity contribution in [3.63, 3.8) is 0 Å². The van der Waals surface area contributed by atoms with Crippen LogP contribution in [0.3, 0.4) is 0 Å². The molecule has 6 nitrogen and oxygen atoms in total. The van der Waals surface area contributed by atoms with E-state index >= 15 is 0 Å². The highest BCUT2D eigenvalue weighted by molar-refractivity contribution is 7.98. The fraction of sp³-hybridized carbons (Fsp3) is 0.0667. The van der Waals surface area contributed by atoms with Crippen LogP contribution in [0.4, 0.5) is 5.69 Å². The molecular formula is C15H9Cl2N5OS. The van der Waals surface area contributed by atoms with E-state index < -0.39 is 0 Å². The number of halogens is 2. The number of pyridine rings is 1. The third kappa shape index (κ3) is 2.75. The predicted molar refractivity (Wildman–Crippen MR) is 93.1 cm³/mol. The summed E-state index contributed by atoms with van der Waals surface area (Å²) in [6.07, 6.45) is 1.52. The highest BCUT2D eigenvalue weighted by Crippen LogP contribution is 2.37. The van der Waals surface area contributed by atoms with Gasteiger partial charge in [0.05, 0.1) is 11.4 Å². The molecule has 1 aliphatic rings. The van der Waals surface area contributed by atoms with Crippen molar-refractivity contribution in [2.75, 3.05) is 5.32 Å².